The maximum absolute atomic E-state index is 2.54. The molecule has 0 aromatic heterocycles. The highest BCUT2D eigenvalue weighted by Gasteiger charge is 2.12. The molecular weight excluding hydrogens is 232 g/mol. The summed E-state index contributed by atoms with van der Waals surface area (Å²) in [5.41, 5.74) is 0. The number of hydrogen-bond donors (Lipinski definition) is 0. The van der Waals surface area contributed by atoms with E-state index >= 15 is 0 Å². The molecule has 0 N–H and O–H groups in total. The maximum atomic E-state index is 2.54. The van der Waals surface area contributed by atoms with E-state index in [1.807, 2.05) is 0 Å². The van der Waals surface area contributed by atoms with Gasteiger partial charge in [0.15, 0.2) is 0 Å². The Bertz CT molecular complexity index is 176. The van der Waals surface area contributed by atoms with Crippen molar-refractivity contribution in [2.24, 2.45) is 11.8 Å². The van der Waals surface area contributed by atoms with E-state index < -0.39 is 0 Å². The summed E-state index contributed by atoms with van der Waals surface area (Å²) in [6.07, 6.45) is 6.93. The molecule has 2 heteroatoms. The van der Waals surface area contributed by atoms with Crippen LogP contribution in [-0.2, 0) is 0 Å². The Morgan fingerprint density at radius 3 is 1.79 bits per heavy atom. The summed E-state index contributed by atoms with van der Waals surface area (Å²) in [6.45, 7) is 14.4. The van der Waals surface area contributed by atoms with Crippen molar-refractivity contribution in [1.82, 2.24) is 9.80 Å². The average Bonchev–Trinajstić information content (AvgIpc) is 2.21. The third-order valence-electron chi connectivity index (χ3n) is 3.59. The summed E-state index contributed by atoms with van der Waals surface area (Å²) in [6, 6.07) is 0. The second-order valence-corrected chi connectivity index (χ2v) is 7.07. The lowest BCUT2D eigenvalue weighted by Crippen LogP contribution is -2.37. The van der Waals surface area contributed by atoms with Crippen molar-refractivity contribution in [3.63, 3.8) is 0 Å². The molecule has 0 aromatic rings. The third-order valence-corrected chi connectivity index (χ3v) is 3.59. The van der Waals surface area contributed by atoms with Gasteiger partial charge in [-0.1, -0.05) is 27.7 Å². The zero-order valence-electron chi connectivity index (χ0n) is 14.4. The highest BCUT2D eigenvalue weighted by atomic mass is 15.2. The Kier molecular flexibility index (Phi) is 11.7. The van der Waals surface area contributed by atoms with Gasteiger partial charge in [0.25, 0.3) is 0 Å². The SMILES string of the molecule is CC(C)CCCN(C)C.CC(C)CCCN1CCC1. The van der Waals surface area contributed by atoms with Gasteiger partial charge in [0.1, 0.15) is 0 Å². The first-order valence-corrected chi connectivity index (χ1v) is 8.29. The van der Waals surface area contributed by atoms with Gasteiger partial charge in [0, 0.05) is 0 Å². The van der Waals surface area contributed by atoms with Gasteiger partial charge in [-0.25, -0.2) is 0 Å². The highest BCUT2D eigenvalue weighted by molar-refractivity contribution is 4.67. The first-order valence-electron chi connectivity index (χ1n) is 8.29. The van der Waals surface area contributed by atoms with Crippen molar-refractivity contribution in [1.29, 1.82) is 0 Å². The standard InChI is InChI=1S/C9H19N.C8H19N/c1-9(2)5-3-6-10-7-4-8-10;1-8(2)6-5-7-9(3)4/h9H,3-8H2,1-2H3;8H,5-7H2,1-4H3. The molecule has 1 rings (SSSR count). The minimum atomic E-state index is 0.866. The summed E-state index contributed by atoms with van der Waals surface area (Å²) in [5.74, 6) is 1.76. The van der Waals surface area contributed by atoms with Crippen molar-refractivity contribution in [3.8, 4) is 0 Å². The van der Waals surface area contributed by atoms with Crippen LogP contribution in [0.3, 0.4) is 0 Å². The molecule has 0 aliphatic carbocycles. The van der Waals surface area contributed by atoms with Gasteiger partial charge in [0.05, 0.1) is 0 Å². The van der Waals surface area contributed by atoms with Gasteiger partial charge in [-0.15, -0.1) is 0 Å². The van der Waals surface area contributed by atoms with Crippen molar-refractivity contribution in [2.45, 2.75) is 59.8 Å². The van der Waals surface area contributed by atoms with Crippen LogP contribution in [-0.4, -0.2) is 50.1 Å². The molecule has 0 amide bonds. The highest BCUT2D eigenvalue weighted by Crippen LogP contribution is 2.09. The molecule has 1 aliphatic rings. The number of rotatable bonds is 8. The van der Waals surface area contributed by atoms with Crippen LogP contribution in [0.2, 0.25) is 0 Å². The monoisotopic (exact) mass is 270 g/mol. The molecule has 0 radical (unpaired) electrons. The molecule has 1 saturated heterocycles. The van der Waals surface area contributed by atoms with E-state index in [2.05, 4.69) is 51.6 Å². The summed E-state index contributed by atoms with van der Waals surface area (Å²) in [5, 5.41) is 0. The van der Waals surface area contributed by atoms with Crippen LogP contribution in [0, 0.1) is 11.8 Å². The van der Waals surface area contributed by atoms with Crippen LogP contribution in [0.25, 0.3) is 0 Å². The second-order valence-electron chi connectivity index (χ2n) is 7.07. The summed E-state index contributed by atoms with van der Waals surface area (Å²) >= 11 is 0. The second kappa shape index (κ2) is 11.7. The molecule has 0 saturated carbocycles. The van der Waals surface area contributed by atoms with Gasteiger partial charge in [-0.2, -0.15) is 0 Å². The Labute approximate surface area is 122 Å². The predicted molar refractivity (Wildman–Crippen MR) is 87.8 cm³/mol. The molecule has 0 spiro atoms. The van der Waals surface area contributed by atoms with Crippen LogP contribution in [0.15, 0.2) is 0 Å². The van der Waals surface area contributed by atoms with Crippen molar-refractivity contribution < 1.29 is 0 Å². The van der Waals surface area contributed by atoms with Crippen LogP contribution < -0.4 is 0 Å². The molecule has 116 valence electrons. The van der Waals surface area contributed by atoms with Gasteiger partial charge in [-0.05, 0) is 84.2 Å². The molecule has 0 atom stereocenters. The van der Waals surface area contributed by atoms with Crippen LogP contribution in [0.5, 0.6) is 0 Å². The number of likely N-dealkylation sites (tertiary alicyclic amines) is 1. The fraction of sp³-hybridized carbons (Fsp3) is 1.00. The first-order chi connectivity index (χ1) is 8.91. The van der Waals surface area contributed by atoms with E-state index in [9.17, 15) is 0 Å². The largest absolute Gasteiger partial charge is 0.309 e. The van der Waals surface area contributed by atoms with Gasteiger partial charge in [-0.3, -0.25) is 0 Å². The Morgan fingerprint density at radius 1 is 0.895 bits per heavy atom. The Morgan fingerprint density at radius 2 is 1.42 bits per heavy atom. The fourth-order valence-corrected chi connectivity index (χ4v) is 2.14. The maximum Gasteiger partial charge on any atom is -0.000654 e. The molecule has 1 heterocycles. The molecule has 0 unspecified atom stereocenters. The van der Waals surface area contributed by atoms with Crippen LogP contribution in [0.1, 0.15) is 59.8 Å². The van der Waals surface area contributed by atoms with E-state index in [0.29, 0.717) is 0 Å². The van der Waals surface area contributed by atoms with E-state index in [0.717, 1.165) is 11.8 Å². The summed E-state index contributed by atoms with van der Waals surface area (Å²) in [4.78, 5) is 4.78. The van der Waals surface area contributed by atoms with E-state index in [-0.39, 0.29) is 0 Å². The van der Waals surface area contributed by atoms with Crippen molar-refractivity contribution >= 4 is 0 Å². The van der Waals surface area contributed by atoms with E-state index in [4.69, 9.17) is 0 Å². The normalized spacial score (nSPS) is 15.6. The lowest BCUT2D eigenvalue weighted by Gasteiger charge is -2.30. The molecule has 19 heavy (non-hydrogen) atoms. The lowest BCUT2D eigenvalue weighted by molar-refractivity contribution is 0.176. The lowest BCUT2D eigenvalue weighted by atomic mass is 10.1. The minimum absolute atomic E-state index is 0.866. The first kappa shape index (κ1) is 18.9. The van der Waals surface area contributed by atoms with Crippen molar-refractivity contribution in [2.75, 3.05) is 40.3 Å². The van der Waals surface area contributed by atoms with Crippen LogP contribution >= 0.6 is 0 Å². The smallest absolute Gasteiger partial charge is 0.000654 e. The van der Waals surface area contributed by atoms with Crippen LogP contribution in [0.4, 0.5) is 0 Å². The molecule has 1 aliphatic heterocycles. The van der Waals surface area contributed by atoms with E-state index in [1.54, 1.807) is 0 Å². The summed E-state index contributed by atoms with van der Waals surface area (Å²) in [7, 11) is 4.25. The number of hydrogen-bond acceptors (Lipinski definition) is 2. The molecule has 0 bridgehead atoms. The Hall–Kier alpha value is -0.0800. The molecule has 1 fully saturated rings. The molecule has 0 aromatic carbocycles. The zero-order valence-corrected chi connectivity index (χ0v) is 14.4. The molecule has 2 nitrogen and oxygen atoms in total. The third kappa shape index (κ3) is 14.1. The Balaban J connectivity index is 0.000000344. The average molecular weight is 271 g/mol. The zero-order chi connectivity index (χ0) is 14.7. The molecular formula is C17H38N2. The van der Waals surface area contributed by atoms with Gasteiger partial charge >= 0.3 is 0 Å². The fourth-order valence-electron chi connectivity index (χ4n) is 2.14. The minimum Gasteiger partial charge on any atom is -0.309 e. The van der Waals surface area contributed by atoms with Gasteiger partial charge in [0.2, 0.25) is 0 Å². The van der Waals surface area contributed by atoms with Gasteiger partial charge < -0.3 is 9.80 Å². The number of nitrogens with zero attached hydrogens (tertiary/aromatic N) is 2. The summed E-state index contributed by atoms with van der Waals surface area (Å²) < 4.78 is 0. The quantitative estimate of drug-likeness (QED) is 0.655. The topological polar surface area (TPSA) is 6.48 Å². The predicted octanol–water partition coefficient (Wildman–Crippen LogP) is 4.11. The van der Waals surface area contributed by atoms with E-state index in [1.165, 1.54) is 58.3 Å². The van der Waals surface area contributed by atoms with Crippen molar-refractivity contribution in [3.05, 3.63) is 0 Å².